The summed E-state index contributed by atoms with van der Waals surface area (Å²) in [6, 6.07) is 7.37. The van der Waals surface area contributed by atoms with Crippen LogP contribution in [0.5, 0.6) is 0 Å². The van der Waals surface area contributed by atoms with Crippen LogP contribution < -0.4 is 10.0 Å². The molecule has 0 radical (unpaired) electrons. The average molecular weight is 454 g/mol. The maximum atomic E-state index is 12.7. The van der Waals surface area contributed by atoms with E-state index in [4.69, 9.17) is 0 Å². The molecule has 0 bridgehead atoms. The number of sulfonamides is 1. The topological polar surface area (TPSA) is 119 Å². The number of nitrogens with one attached hydrogen (secondary N) is 2. The quantitative estimate of drug-likeness (QED) is 0.612. The zero-order valence-corrected chi connectivity index (χ0v) is 17.3. The summed E-state index contributed by atoms with van der Waals surface area (Å²) < 4.78 is 66.4. The molecule has 0 fully saturated rings. The van der Waals surface area contributed by atoms with Crippen LogP contribution in [0, 0.1) is 13.8 Å². The van der Waals surface area contributed by atoms with Gasteiger partial charge >= 0.3 is 6.18 Å². The van der Waals surface area contributed by atoms with E-state index in [-0.39, 0.29) is 22.2 Å². The van der Waals surface area contributed by atoms with Crippen molar-refractivity contribution in [2.24, 2.45) is 7.05 Å². The van der Waals surface area contributed by atoms with Gasteiger partial charge < -0.3 is 5.32 Å². The lowest BCUT2D eigenvalue weighted by atomic mass is 10.3. The maximum absolute atomic E-state index is 12.7. The molecule has 0 aliphatic carbocycles. The van der Waals surface area contributed by atoms with Crippen LogP contribution in [0.1, 0.15) is 27.6 Å². The summed E-state index contributed by atoms with van der Waals surface area (Å²) in [5, 5.41) is 5.67. The van der Waals surface area contributed by atoms with Gasteiger partial charge in [-0.05, 0) is 44.2 Å². The van der Waals surface area contributed by atoms with Crippen molar-refractivity contribution in [3.05, 3.63) is 59.2 Å². The third-order valence-electron chi connectivity index (χ3n) is 4.03. The molecule has 0 saturated heterocycles. The molecule has 3 aromatic rings. The number of hydrogen-bond donors (Lipinski definition) is 2. The lowest BCUT2D eigenvalue weighted by Gasteiger charge is -2.09. The number of halogens is 3. The predicted octanol–water partition coefficient (Wildman–Crippen LogP) is 2.90. The monoisotopic (exact) mass is 454 g/mol. The number of aromatic nitrogens is 4. The second-order valence-corrected chi connectivity index (χ2v) is 8.28. The number of amides is 1. The van der Waals surface area contributed by atoms with Gasteiger partial charge in [-0.2, -0.15) is 18.3 Å². The van der Waals surface area contributed by atoms with Gasteiger partial charge in [-0.3, -0.25) is 9.48 Å². The molecule has 1 amide bonds. The van der Waals surface area contributed by atoms with E-state index < -0.39 is 27.8 Å². The van der Waals surface area contributed by atoms with E-state index in [2.05, 4.69) is 25.1 Å². The van der Waals surface area contributed by atoms with Crippen molar-refractivity contribution < 1.29 is 26.4 Å². The van der Waals surface area contributed by atoms with E-state index >= 15 is 0 Å². The number of carbonyl (C=O) groups is 1. The van der Waals surface area contributed by atoms with Crippen molar-refractivity contribution in [2.75, 3.05) is 10.0 Å². The Bertz CT molecular complexity index is 1220. The van der Waals surface area contributed by atoms with Crippen LogP contribution in [-0.4, -0.2) is 34.1 Å². The van der Waals surface area contributed by atoms with Gasteiger partial charge in [0, 0.05) is 30.2 Å². The van der Waals surface area contributed by atoms with Crippen LogP contribution in [0.2, 0.25) is 0 Å². The third kappa shape index (κ3) is 5.17. The van der Waals surface area contributed by atoms with Gasteiger partial charge in [0.05, 0.1) is 4.90 Å². The molecule has 0 aliphatic heterocycles. The SMILES string of the molecule is Cc1cc(C)nc(NS(=O)(=O)c2ccc(NC(=O)c3cc(C(F)(F)F)nn3C)cc2)n1. The van der Waals surface area contributed by atoms with Crippen LogP contribution in [-0.2, 0) is 23.2 Å². The molecule has 164 valence electrons. The molecule has 2 heterocycles. The zero-order valence-electron chi connectivity index (χ0n) is 16.5. The fourth-order valence-electron chi connectivity index (χ4n) is 2.68. The van der Waals surface area contributed by atoms with Gasteiger partial charge in [0.15, 0.2) is 5.69 Å². The van der Waals surface area contributed by atoms with E-state index in [1.165, 1.54) is 31.3 Å². The van der Waals surface area contributed by atoms with Gasteiger partial charge in [-0.1, -0.05) is 0 Å². The average Bonchev–Trinajstić information content (AvgIpc) is 3.03. The molecular formula is C18H17F3N6O3S. The van der Waals surface area contributed by atoms with E-state index in [0.29, 0.717) is 17.5 Å². The third-order valence-corrected chi connectivity index (χ3v) is 5.38. The molecule has 31 heavy (non-hydrogen) atoms. The Kier molecular flexibility index (Phi) is 5.72. The molecule has 0 spiro atoms. The number of carbonyl (C=O) groups excluding carboxylic acids is 1. The number of anilines is 2. The highest BCUT2D eigenvalue weighted by Crippen LogP contribution is 2.28. The summed E-state index contributed by atoms with van der Waals surface area (Å²) in [7, 11) is -2.78. The van der Waals surface area contributed by atoms with Crippen molar-refractivity contribution in [1.82, 2.24) is 19.7 Å². The minimum absolute atomic E-state index is 0.0773. The van der Waals surface area contributed by atoms with Crippen molar-refractivity contribution in [3.63, 3.8) is 0 Å². The number of aryl methyl sites for hydroxylation is 3. The molecule has 0 aliphatic rings. The van der Waals surface area contributed by atoms with Gasteiger partial charge in [-0.25, -0.2) is 23.1 Å². The first kappa shape index (κ1) is 22.2. The summed E-state index contributed by atoms with van der Waals surface area (Å²) in [5.74, 6) is -0.908. The Labute approximate surface area is 175 Å². The molecular weight excluding hydrogens is 437 g/mol. The first-order valence-electron chi connectivity index (χ1n) is 8.73. The first-order valence-corrected chi connectivity index (χ1v) is 10.2. The second kappa shape index (κ2) is 7.98. The highest BCUT2D eigenvalue weighted by Gasteiger charge is 2.35. The maximum Gasteiger partial charge on any atom is 0.435 e. The summed E-state index contributed by atoms with van der Waals surface area (Å²) in [6.45, 7) is 3.40. The van der Waals surface area contributed by atoms with Crippen LogP contribution >= 0.6 is 0 Å². The zero-order chi connectivity index (χ0) is 23.0. The molecule has 0 unspecified atom stereocenters. The van der Waals surface area contributed by atoms with E-state index in [0.717, 1.165) is 4.68 Å². The Morgan fingerprint density at radius 3 is 2.13 bits per heavy atom. The number of hydrogen-bond acceptors (Lipinski definition) is 6. The van der Waals surface area contributed by atoms with Crippen LogP contribution in [0.15, 0.2) is 41.3 Å². The van der Waals surface area contributed by atoms with Gasteiger partial charge in [-0.15, -0.1) is 0 Å². The largest absolute Gasteiger partial charge is 0.435 e. The normalized spacial score (nSPS) is 11.9. The Hall–Kier alpha value is -3.48. The lowest BCUT2D eigenvalue weighted by Crippen LogP contribution is -2.17. The Morgan fingerprint density at radius 2 is 1.61 bits per heavy atom. The first-order chi connectivity index (χ1) is 14.3. The van der Waals surface area contributed by atoms with Gasteiger partial charge in [0.1, 0.15) is 5.69 Å². The Balaban J connectivity index is 1.75. The van der Waals surface area contributed by atoms with Crippen molar-refractivity contribution in [3.8, 4) is 0 Å². The number of alkyl halides is 3. The number of nitrogens with zero attached hydrogens (tertiary/aromatic N) is 4. The standard InChI is InChI=1S/C18H17F3N6O3S/c1-10-8-11(2)23-17(22-10)26-31(29,30)13-6-4-12(5-7-13)24-16(28)14-9-15(18(19,20)21)25-27(14)3/h4-9H,1-3H3,(H,24,28)(H,22,23,26). The highest BCUT2D eigenvalue weighted by molar-refractivity contribution is 7.92. The lowest BCUT2D eigenvalue weighted by molar-refractivity contribution is -0.141. The summed E-state index contributed by atoms with van der Waals surface area (Å²) >= 11 is 0. The van der Waals surface area contributed by atoms with Crippen LogP contribution in [0.4, 0.5) is 24.8 Å². The van der Waals surface area contributed by atoms with E-state index in [9.17, 15) is 26.4 Å². The predicted molar refractivity (Wildman–Crippen MR) is 105 cm³/mol. The minimum Gasteiger partial charge on any atom is -0.321 e. The van der Waals surface area contributed by atoms with E-state index in [1.807, 2.05) is 0 Å². The van der Waals surface area contributed by atoms with E-state index in [1.54, 1.807) is 19.9 Å². The molecule has 0 saturated carbocycles. The molecule has 13 heteroatoms. The van der Waals surface area contributed by atoms with Gasteiger partial charge in [0.2, 0.25) is 5.95 Å². The van der Waals surface area contributed by atoms with Crippen molar-refractivity contribution in [1.29, 1.82) is 0 Å². The number of benzene rings is 1. The molecule has 9 nitrogen and oxygen atoms in total. The highest BCUT2D eigenvalue weighted by atomic mass is 32.2. The molecule has 1 aromatic carbocycles. The van der Waals surface area contributed by atoms with Crippen molar-refractivity contribution >= 4 is 27.6 Å². The molecule has 2 aromatic heterocycles. The summed E-state index contributed by atoms with van der Waals surface area (Å²) in [4.78, 5) is 20.2. The van der Waals surface area contributed by atoms with Crippen LogP contribution in [0.25, 0.3) is 0 Å². The summed E-state index contributed by atoms with van der Waals surface area (Å²) in [6.07, 6.45) is -4.68. The summed E-state index contributed by atoms with van der Waals surface area (Å²) in [5.41, 5.74) is -0.139. The smallest absolute Gasteiger partial charge is 0.321 e. The molecule has 3 rings (SSSR count). The second-order valence-electron chi connectivity index (χ2n) is 6.59. The van der Waals surface area contributed by atoms with Crippen LogP contribution in [0.3, 0.4) is 0 Å². The van der Waals surface area contributed by atoms with Crippen molar-refractivity contribution in [2.45, 2.75) is 24.9 Å². The molecule has 0 atom stereocenters. The molecule has 2 N–H and O–H groups in total. The number of rotatable bonds is 5. The van der Waals surface area contributed by atoms with Gasteiger partial charge in [0.25, 0.3) is 15.9 Å². The Morgan fingerprint density at radius 1 is 1.03 bits per heavy atom. The fraction of sp³-hybridized carbons (Fsp3) is 0.222. The fourth-order valence-corrected chi connectivity index (χ4v) is 3.63. The minimum atomic E-state index is -4.68.